The van der Waals surface area contributed by atoms with Crippen LogP contribution in [0.3, 0.4) is 0 Å². The summed E-state index contributed by atoms with van der Waals surface area (Å²) in [5.74, 6) is -0.491. The molecule has 0 aliphatic rings. The van der Waals surface area contributed by atoms with Gasteiger partial charge in [0.1, 0.15) is 11.4 Å². The molecule has 0 bridgehead atoms. The fraction of sp³-hybridized carbons (Fsp3) is 0.0714. The molecule has 100 valence electrons. The van der Waals surface area contributed by atoms with Crippen molar-refractivity contribution in [1.82, 2.24) is 9.38 Å². The van der Waals surface area contributed by atoms with Crippen LogP contribution in [-0.4, -0.2) is 27.6 Å². The highest BCUT2D eigenvalue weighted by Gasteiger charge is 2.09. The van der Waals surface area contributed by atoms with Crippen LogP contribution in [0.2, 0.25) is 0 Å². The predicted molar refractivity (Wildman–Crippen MR) is 72.5 cm³/mol. The van der Waals surface area contributed by atoms with E-state index in [0.717, 1.165) is 0 Å². The summed E-state index contributed by atoms with van der Waals surface area (Å²) in [5, 5.41) is 9.38. The zero-order chi connectivity index (χ0) is 14.3. The van der Waals surface area contributed by atoms with E-state index in [9.17, 15) is 9.59 Å². The Bertz CT molecular complexity index is 899. The molecule has 0 aliphatic carbocycles. The predicted octanol–water partition coefficient (Wildman–Crippen LogP) is 1.55. The second-order valence-electron chi connectivity index (χ2n) is 4.25. The maximum Gasteiger partial charge on any atom is 0.335 e. The molecule has 0 unspecified atom stereocenters. The first-order chi connectivity index (χ1) is 9.60. The van der Waals surface area contributed by atoms with E-state index in [1.165, 1.54) is 29.8 Å². The second kappa shape index (κ2) is 4.34. The molecule has 1 N–H and O–H groups in total. The standard InChI is InChI=1S/C14H10N2O4/c1-20-9-2-3-11-10(7-9)13(17)16-5-4-8(14(18)19)6-12(16)15-11/h2-7H,1H3,(H,18,19). The quantitative estimate of drug-likeness (QED) is 0.714. The van der Waals surface area contributed by atoms with Crippen molar-refractivity contribution in [2.24, 2.45) is 0 Å². The highest BCUT2D eigenvalue weighted by Crippen LogP contribution is 2.17. The van der Waals surface area contributed by atoms with Crippen molar-refractivity contribution in [3.8, 4) is 5.75 Å². The highest BCUT2D eigenvalue weighted by atomic mass is 16.5. The van der Waals surface area contributed by atoms with Gasteiger partial charge in [-0.3, -0.25) is 9.20 Å². The minimum Gasteiger partial charge on any atom is -0.497 e. The Balaban J connectivity index is 2.40. The van der Waals surface area contributed by atoms with Crippen LogP contribution < -0.4 is 10.3 Å². The third kappa shape index (κ3) is 1.78. The van der Waals surface area contributed by atoms with Crippen LogP contribution in [0.25, 0.3) is 16.6 Å². The van der Waals surface area contributed by atoms with Gasteiger partial charge in [-0.15, -0.1) is 0 Å². The summed E-state index contributed by atoms with van der Waals surface area (Å²) < 4.78 is 6.40. The Hall–Kier alpha value is -2.89. The van der Waals surface area contributed by atoms with E-state index in [0.29, 0.717) is 22.3 Å². The summed E-state index contributed by atoms with van der Waals surface area (Å²) in [5.41, 5.74) is 0.622. The summed E-state index contributed by atoms with van der Waals surface area (Å²) >= 11 is 0. The fourth-order valence-corrected chi connectivity index (χ4v) is 2.04. The Morgan fingerprint density at radius 2 is 2.10 bits per heavy atom. The van der Waals surface area contributed by atoms with Gasteiger partial charge in [0.2, 0.25) is 0 Å². The molecule has 0 saturated heterocycles. The maximum atomic E-state index is 12.4. The average molecular weight is 270 g/mol. The number of ether oxygens (including phenoxy) is 1. The minimum atomic E-state index is -1.06. The normalized spacial score (nSPS) is 10.8. The largest absolute Gasteiger partial charge is 0.497 e. The van der Waals surface area contributed by atoms with Gasteiger partial charge in [-0.05, 0) is 30.3 Å². The molecular weight excluding hydrogens is 260 g/mol. The Kier molecular flexibility index (Phi) is 2.64. The first-order valence-corrected chi connectivity index (χ1v) is 5.83. The Morgan fingerprint density at radius 3 is 2.80 bits per heavy atom. The molecule has 0 radical (unpaired) electrons. The number of hydrogen-bond acceptors (Lipinski definition) is 4. The third-order valence-corrected chi connectivity index (χ3v) is 3.07. The van der Waals surface area contributed by atoms with Gasteiger partial charge in [0, 0.05) is 6.20 Å². The molecule has 6 heteroatoms. The molecule has 2 heterocycles. The van der Waals surface area contributed by atoms with Crippen molar-refractivity contribution >= 4 is 22.5 Å². The average Bonchev–Trinajstić information content (AvgIpc) is 2.46. The number of carboxylic acid groups (broad SMARTS) is 1. The van der Waals surface area contributed by atoms with Gasteiger partial charge in [0.05, 0.1) is 23.6 Å². The molecule has 0 spiro atoms. The molecule has 6 nitrogen and oxygen atoms in total. The maximum absolute atomic E-state index is 12.4. The number of aromatic nitrogens is 2. The lowest BCUT2D eigenvalue weighted by Crippen LogP contribution is -2.15. The lowest BCUT2D eigenvalue weighted by Gasteiger charge is -2.05. The SMILES string of the molecule is COc1ccc2nc3cc(C(=O)O)ccn3c(=O)c2c1. The summed E-state index contributed by atoms with van der Waals surface area (Å²) in [4.78, 5) is 27.6. The van der Waals surface area contributed by atoms with Gasteiger partial charge in [0.15, 0.2) is 0 Å². The third-order valence-electron chi connectivity index (χ3n) is 3.07. The lowest BCUT2D eigenvalue weighted by molar-refractivity contribution is 0.0697. The first-order valence-electron chi connectivity index (χ1n) is 5.83. The number of aromatic carboxylic acids is 1. The molecule has 0 atom stereocenters. The summed E-state index contributed by atoms with van der Waals surface area (Å²) in [7, 11) is 1.52. The van der Waals surface area contributed by atoms with Crippen LogP contribution in [0.4, 0.5) is 0 Å². The van der Waals surface area contributed by atoms with Crippen LogP contribution in [0, 0.1) is 0 Å². The number of rotatable bonds is 2. The number of carboxylic acids is 1. The fourth-order valence-electron chi connectivity index (χ4n) is 2.04. The van der Waals surface area contributed by atoms with E-state index in [-0.39, 0.29) is 11.1 Å². The van der Waals surface area contributed by atoms with Crippen LogP contribution in [0.5, 0.6) is 5.75 Å². The molecule has 0 saturated carbocycles. The van der Waals surface area contributed by atoms with Gasteiger partial charge < -0.3 is 9.84 Å². The minimum absolute atomic E-state index is 0.0877. The molecule has 0 fully saturated rings. The topological polar surface area (TPSA) is 80.9 Å². The van der Waals surface area contributed by atoms with E-state index < -0.39 is 5.97 Å². The summed E-state index contributed by atoms with van der Waals surface area (Å²) in [6.07, 6.45) is 1.41. The van der Waals surface area contributed by atoms with Crippen LogP contribution in [-0.2, 0) is 0 Å². The van der Waals surface area contributed by atoms with E-state index in [4.69, 9.17) is 9.84 Å². The zero-order valence-corrected chi connectivity index (χ0v) is 10.5. The summed E-state index contributed by atoms with van der Waals surface area (Å²) in [6, 6.07) is 7.72. The number of carbonyl (C=O) groups is 1. The van der Waals surface area contributed by atoms with Crippen LogP contribution in [0.1, 0.15) is 10.4 Å². The van der Waals surface area contributed by atoms with Crippen LogP contribution >= 0.6 is 0 Å². The monoisotopic (exact) mass is 270 g/mol. The van der Waals surface area contributed by atoms with Gasteiger partial charge in [-0.1, -0.05) is 0 Å². The Labute approximate surface area is 112 Å². The molecule has 0 amide bonds. The van der Waals surface area contributed by atoms with Gasteiger partial charge in [-0.2, -0.15) is 0 Å². The second-order valence-corrected chi connectivity index (χ2v) is 4.25. The molecule has 2 aromatic heterocycles. The molecule has 3 aromatic rings. The van der Waals surface area contributed by atoms with Gasteiger partial charge in [-0.25, -0.2) is 9.78 Å². The van der Waals surface area contributed by atoms with Gasteiger partial charge in [0.25, 0.3) is 5.56 Å². The van der Waals surface area contributed by atoms with E-state index >= 15 is 0 Å². The highest BCUT2D eigenvalue weighted by molar-refractivity contribution is 5.89. The number of methoxy groups -OCH3 is 1. The van der Waals surface area contributed by atoms with Crippen molar-refractivity contribution in [1.29, 1.82) is 0 Å². The number of benzene rings is 1. The van der Waals surface area contributed by atoms with Crippen LogP contribution in [0.15, 0.2) is 41.3 Å². The van der Waals surface area contributed by atoms with Crippen molar-refractivity contribution in [2.45, 2.75) is 0 Å². The number of nitrogens with zero attached hydrogens (tertiary/aromatic N) is 2. The Morgan fingerprint density at radius 1 is 1.30 bits per heavy atom. The smallest absolute Gasteiger partial charge is 0.335 e. The lowest BCUT2D eigenvalue weighted by atomic mass is 10.2. The van der Waals surface area contributed by atoms with E-state index in [1.54, 1.807) is 18.2 Å². The van der Waals surface area contributed by atoms with E-state index in [2.05, 4.69) is 4.98 Å². The molecule has 20 heavy (non-hydrogen) atoms. The molecule has 3 rings (SSSR count). The zero-order valence-electron chi connectivity index (χ0n) is 10.5. The van der Waals surface area contributed by atoms with Gasteiger partial charge >= 0.3 is 5.97 Å². The summed E-state index contributed by atoms with van der Waals surface area (Å²) in [6.45, 7) is 0. The van der Waals surface area contributed by atoms with Crippen molar-refractivity contribution in [3.05, 3.63) is 52.4 Å². The number of fused-ring (bicyclic) bond motifs is 2. The van der Waals surface area contributed by atoms with E-state index in [1.807, 2.05) is 0 Å². The van der Waals surface area contributed by atoms with Crippen molar-refractivity contribution < 1.29 is 14.6 Å². The molecule has 1 aromatic carbocycles. The first kappa shape index (κ1) is 12.2. The molecule has 0 aliphatic heterocycles. The van der Waals surface area contributed by atoms with Crippen molar-refractivity contribution in [3.63, 3.8) is 0 Å². The van der Waals surface area contributed by atoms with Crippen molar-refractivity contribution in [2.75, 3.05) is 7.11 Å². The number of pyridine rings is 1. The molecular formula is C14H10N2O4. The number of hydrogen-bond donors (Lipinski definition) is 1.